The Labute approximate surface area is 114 Å². The number of aliphatic hydroxyl groups is 2. The summed E-state index contributed by atoms with van der Waals surface area (Å²) >= 11 is 0. The Balaban J connectivity index is 0.000000711. The monoisotopic (exact) mass is 276 g/mol. The summed E-state index contributed by atoms with van der Waals surface area (Å²) in [5.74, 6) is -0.214. The Morgan fingerprint density at radius 2 is 1.74 bits per heavy atom. The van der Waals surface area contributed by atoms with Crippen molar-refractivity contribution in [1.82, 2.24) is 0 Å². The summed E-state index contributed by atoms with van der Waals surface area (Å²) in [6, 6.07) is -0.341. The normalized spacial score (nSPS) is 20.9. The van der Waals surface area contributed by atoms with Gasteiger partial charge in [-0.15, -0.1) is 0 Å². The molecule has 1 aliphatic carbocycles. The van der Waals surface area contributed by atoms with Crippen LogP contribution in [0.25, 0.3) is 0 Å². The molecule has 6 nitrogen and oxygen atoms in total. The third-order valence-corrected chi connectivity index (χ3v) is 3.40. The van der Waals surface area contributed by atoms with Gasteiger partial charge in [0, 0.05) is 19.5 Å². The van der Waals surface area contributed by atoms with Crippen LogP contribution in [0, 0.1) is 5.92 Å². The van der Waals surface area contributed by atoms with Crippen LogP contribution in [-0.2, 0) is 4.79 Å². The number of hydrogen-bond acceptors (Lipinski definition) is 5. The molecule has 0 aromatic rings. The number of carboxylic acid groups (broad SMARTS) is 1. The van der Waals surface area contributed by atoms with Crippen molar-refractivity contribution in [1.29, 1.82) is 0 Å². The number of nitrogens with two attached hydrogens (primary N) is 2. The lowest BCUT2D eigenvalue weighted by Gasteiger charge is -2.28. The summed E-state index contributed by atoms with van der Waals surface area (Å²) in [7, 11) is 0. The molecule has 0 bridgehead atoms. The first-order chi connectivity index (χ1) is 8.88. The minimum atomic E-state index is -0.886. The van der Waals surface area contributed by atoms with Gasteiger partial charge in [-0.1, -0.05) is 32.1 Å². The van der Waals surface area contributed by atoms with Gasteiger partial charge in [-0.25, -0.2) is 0 Å². The molecule has 19 heavy (non-hydrogen) atoms. The number of hydrogen-bond donors (Lipinski definition) is 5. The van der Waals surface area contributed by atoms with E-state index in [1.807, 2.05) is 0 Å². The minimum Gasteiger partial charge on any atom is -0.481 e. The maximum absolute atomic E-state index is 9.66. The van der Waals surface area contributed by atoms with Crippen molar-refractivity contribution < 1.29 is 20.1 Å². The second-order valence-electron chi connectivity index (χ2n) is 5.22. The van der Waals surface area contributed by atoms with Gasteiger partial charge in [0.2, 0.25) is 0 Å². The smallest absolute Gasteiger partial charge is 0.300 e. The van der Waals surface area contributed by atoms with E-state index in [2.05, 4.69) is 0 Å². The van der Waals surface area contributed by atoms with Crippen LogP contribution < -0.4 is 11.5 Å². The molecule has 0 saturated heterocycles. The van der Waals surface area contributed by atoms with Crippen LogP contribution in [0.4, 0.5) is 0 Å². The lowest BCUT2D eigenvalue weighted by Crippen LogP contribution is -2.47. The van der Waals surface area contributed by atoms with E-state index >= 15 is 0 Å². The first-order valence-corrected chi connectivity index (χ1v) is 6.89. The fraction of sp³-hybridized carbons (Fsp3) is 0.923. The standard InChI is InChI=1S/C11H24N2O2.C2H4O2/c12-7-10(14)11(15)9(13)6-8-4-2-1-3-5-8;1-2(3)4/h8-11,14-15H,1-7,12-13H2;1H3,(H,3,4)/t9-,10-,11+;/m0./s1. The number of aliphatic hydroxyl groups excluding tert-OH is 2. The zero-order valence-electron chi connectivity index (χ0n) is 11.7. The van der Waals surface area contributed by atoms with Gasteiger partial charge in [-0.3, -0.25) is 4.79 Å². The van der Waals surface area contributed by atoms with Crippen LogP contribution in [-0.4, -0.2) is 46.1 Å². The second-order valence-corrected chi connectivity index (χ2v) is 5.22. The Morgan fingerprint density at radius 1 is 1.26 bits per heavy atom. The Kier molecular flexibility index (Phi) is 9.77. The van der Waals surface area contributed by atoms with E-state index in [-0.39, 0.29) is 12.6 Å². The quantitative estimate of drug-likeness (QED) is 0.482. The summed E-state index contributed by atoms with van der Waals surface area (Å²) in [5.41, 5.74) is 11.1. The van der Waals surface area contributed by atoms with Crippen molar-refractivity contribution in [3.63, 3.8) is 0 Å². The molecular formula is C13H28N2O4. The zero-order chi connectivity index (χ0) is 14.8. The van der Waals surface area contributed by atoms with Crippen LogP contribution >= 0.6 is 0 Å². The molecular weight excluding hydrogens is 248 g/mol. The molecule has 0 radical (unpaired) electrons. The molecule has 114 valence electrons. The molecule has 0 aromatic carbocycles. The van der Waals surface area contributed by atoms with Crippen LogP contribution in [0.5, 0.6) is 0 Å². The molecule has 1 fully saturated rings. The number of carbonyl (C=O) groups is 1. The summed E-state index contributed by atoms with van der Waals surface area (Å²) in [6.45, 7) is 1.15. The van der Waals surface area contributed by atoms with Crippen molar-refractivity contribution in [2.45, 2.75) is 63.7 Å². The fourth-order valence-electron chi connectivity index (χ4n) is 2.37. The fourth-order valence-corrected chi connectivity index (χ4v) is 2.37. The van der Waals surface area contributed by atoms with Gasteiger partial charge in [-0.2, -0.15) is 0 Å². The SMILES string of the molecule is CC(=O)O.NC[C@H](O)[C@H](O)[C@@H](N)CC1CCCCC1. The van der Waals surface area contributed by atoms with E-state index in [9.17, 15) is 10.2 Å². The summed E-state index contributed by atoms with van der Waals surface area (Å²) < 4.78 is 0. The first-order valence-electron chi connectivity index (χ1n) is 6.89. The van der Waals surface area contributed by atoms with Crippen molar-refractivity contribution in [2.24, 2.45) is 17.4 Å². The van der Waals surface area contributed by atoms with Gasteiger partial charge in [0.25, 0.3) is 5.97 Å². The number of aliphatic carboxylic acids is 1. The van der Waals surface area contributed by atoms with Crippen LogP contribution in [0.3, 0.4) is 0 Å². The molecule has 0 unspecified atom stereocenters. The lowest BCUT2D eigenvalue weighted by atomic mass is 9.83. The summed E-state index contributed by atoms with van der Waals surface area (Å²) in [4.78, 5) is 9.00. The highest BCUT2D eigenvalue weighted by Crippen LogP contribution is 2.27. The van der Waals surface area contributed by atoms with E-state index in [1.165, 1.54) is 32.1 Å². The maximum Gasteiger partial charge on any atom is 0.300 e. The van der Waals surface area contributed by atoms with Crippen molar-refractivity contribution in [2.75, 3.05) is 6.54 Å². The van der Waals surface area contributed by atoms with E-state index < -0.39 is 18.2 Å². The molecule has 0 spiro atoms. The predicted molar refractivity (Wildman–Crippen MR) is 73.5 cm³/mol. The Bertz CT molecular complexity index is 241. The Hall–Kier alpha value is -0.690. The van der Waals surface area contributed by atoms with E-state index in [4.69, 9.17) is 21.4 Å². The average molecular weight is 276 g/mol. The second kappa shape index (κ2) is 10.1. The van der Waals surface area contributed by atoms with Crippen LogP contribution in [0.1, 0.15) is 45.4 Å². The van der Waals surface area contributed by atoms with Gasteiger partial charge in [0.1, 0.15) is 0 Å². The van der Waals surface area contributed by atoms with Crippen molar-refractivity contribution >= 4 is 5.97 Å². The third-order valence-electron chi connectivity index (χ3n) is 3.40. The highest BCUT2D eigenvalue weighted by molar-refractivity contribution is 5.62. The summed E-state index contributed by atoms with van der Waals surface area (Å²) in [6.07, 6.45) is 5.32. The molecule has 1 rings (SSSR count). The van der Waals surface area contributed by atoms with E-state index in [0.717, 1.165) is 13.3 Å². The molecule has 7 N–H and O–H groups in total. The largest absolute Gasteiger partial charge is 0.481 e. The first kappa shape index (κ1) is 18.3. The van der Waals surface area contributed by atoms with Crippen molar-refractivity contribution in [3.05, 3.63) is 0 Å². The van der Waals surface area contributed by atoms with Crippen molar-refractivity contribution in [3.8, 4) is 0 Å². The lowest BCUT2D eigenvalue weighted by molar-refractivity contribution is -0.134. The summed E-state index contributed by atoms with van der Waals surface area (Å²) in [5, 5.41) is 26.4. The average Bonchev–Trinajstić information content (AvgIpc) is 2.37. The third kappa shape index (κ3) is 8.93. The van der Waals surface area contributed by atoms with Crippen LogP contribution in [0.2, 0.25) is 0 Å². The highest BCUT2D eigenvalue weighted by atomic mass is 16.4. The van der Waals surface area contributed by atoms with Crippen LogP contribution in [0.15, 0.2) is 0 Å². The van der Waals surface area contributed by atoms with Gasteiger partial charge >= 0.3 is 0 Å². The van der Waals surface area contributed by atoms with Gasteiger partial charge in [0.05, 0.1) is 12.2 Å². The molecule has 6 heteroatoms. The minimum absolute atomic E-state index is 0.0690. The number of rotatable bonds is 5. The molecule has 0 aromatic heterocycles. The topological polar surface area (TPSA) is 130 Å². The van der Waals surface area contributed by atoms with Gasteiger partial charge in [-0.05, 0) is 12.3 Å². The highest BCUT2D eigenvalue weighted by Gasteiger charge is 2.25. The zero-order valence-corrected chi connectivity index (χ0v) is 11.7. The predicted octanol–water partition coefficient (Wildman–Crippen LogP) is 0.0555. The molecule has 1 saturated carbocycles. The van der Waals surface area contributed by atoms with E-state index in [1.54, 1.807) is 0 Å². The Morgan fingerprint density at radius 3 is 2.16 bits per heavy atom. The molecule has 0 heterocycles. The van der Waals surface area contributed by atoms with Gasteiger partial charge in [0.15, 0.2) is 0 Å². The molecule has 1 aliphatic rings. The number of carboxylic acids is 1. The maximum atomic E-state index is 9.66. The molecule has 0 amide bonds. The van der Waals surface area contributed by atoms with Gasteiger partial charge < -0.3 is 26.8 Å². The van der Waals surface area contributed by atoms with E-state index in [0.29, 0.717) is 5.92 Å². The molecule has 0 aliphatic heterocycles. The molecule has 3 atom stereocenters.